The summed E-state index contributed by atoms with van der Waals surface area (Å²) in [6, 6.07) is 4.59. The van der Waals surface area contributed by atoms with Crippen LogP contribution in [0.2, 0.25) is 0 Å². The van der Waals surface area contributed by atoms with E-state index < -0.39 is 0 Å². The molecule has 0 radical (unpaired) electrons. The lowest BCUT2D eigenvalue weighted by Gasteiger charge is -2.37. The smallest absolute Gasteiger partial charge is 0.133 e. The highest BCUT2D eigenvalue weighted by Gasteiger charge is 2.25. The van der Waals surface area contributed by atoms with Gasteiger partial charge in [0.1, 0.15) is 5.82 Å². The van der Waals surface area contributed by atoms with Gasteiger partial charge >= 0.3 is 0 Å². The normalized spacial score (nSPS) is 13.4. The molecule has 3 nitrogen and oxygen atoms in total. The van der Waals surface area contributed by atoms with Crippen molar-refractivity contribution in [2.24, 2.45) is 5.41 Å². The Bertz CT molecular complexity index is 368. The van der Waals surface area contributed by atoms with Gasteiger partial charge in [-0.05, 0) is 24.9 Å². The van der Waals surface area contributed by atoms with Gasteiger partial charge in [0.15, 0.2) is 0 Å². The van der Waals surface area contributed by atoms with E-state index in [-0.39, 0.29) is 5.41 Å². The van der Waals surface area contributed by atoms with E-state index >= 15 is 0 Å². The largest absolute Gasteiger partial charge is 0.356 e. The van der Waals surface area contributed by atoms with Crippen LogP contribution in [0.4, 0.5) is 5.82 Å². The van der Waals surface area contributed by atoms with Crippen LogP contribution in [0.3, 0.4) is 0 Å². The van der Waals surface area contributed by atoms with E-state index in [9.17, 15) is 0 Å². The molecule has 0 aliphatic heterocycles. The number of nitrogens with one attached hydrogen (secondary N) is 1. The van der Waals surface area contributed by atoms with Crippen molar-refractivity contribution in [3.63, 3.8) is 0 Å². The van der Waals surface area contributed by atoms with Gasteiger partial charge in [0, 0.05) is 31.4 Å². The second-order valence-electron chi connectivity index (χ2n) is 5.92. The molecule has 18 heavy (non-hydrogen) atoms. The molecule has 0 amide bonds. The topological polar surface area (TPSA) is 28.2 Å². The Kier molecular flexibility index (Phi) is 5.15. The van der Waals surface area contributed by atoms with Crippen LogP contribution in [0.25, 0.3) is 0 Å². The molecule has 1 rings (SSSR count). The molecule has 0 aromatic carbocycles. The first kappa shape index (κ1) is 15.0. The van der Waals surface area contributed by atoms with Gasteiger partial charge < -0.3 is 10.2 Å². The first-order valence-corrected chi connectivity index (χ1v) is 6.75. The molecule has 1 aromatic heterocycles. The van der Waals surface area contributed by atoms with Crippen molar-refractivity contribution < 1.29 is 0 Å². The van der Waals surface area contributed by atoms with Gasteiger partial charge in [-0.3, -0.25) is 0 Å². The molecule has 1 heterocycles. The fraction of sp³-hybridized carbons (Fsp3) is 0.667. The lowest BCUT2D eigenvalue weighted by Crippen LogP contribution is -2.40. The molecule has 102 valence electrons. The lowest BCUT2D eigenvalue weighted by molar-refractivity contribution is 0.328. The van der Waals surface area contributed by atoms with Crippen molar-refractivity contribution in [1.82, 2.24) is 10.3 Å². The summed E-state index contributed by atoms with van der Waals surface area (Å²) in [6.45, 7) is 13.0. The predicted molar refractivity (Wildman–Crippen MR) is 78.9 cm³/mol. The molecule has 3 heteroatoms. The van der Waals surface area contributed by atoms with Gasteiger partial charge in [0.05, 0.1) is 0 Å². The van der Waals surface area contributed by atoms with Gasteiger partial charge in [-0.15, -0.1) is 0 Å². The molecule has 1 aromatic rings. The molecule has 0 saturated carbocycles. The molecule has 0 spiro atoms. The summed E-state index contributed by atoms with van der Waals surface area (Å²) in [5.41, 5.74) is 1.50. The Labute approximate surface area is 112 Å². The average molecular weight is 249 g/mol. The summed E-state index contributed by atoms with van der Waals surface area (Å²) in [4.78, 5) is 6.84. The molecule has 1 unspecified atom stereocenters. The Morgan fingerprint density at radius 1 is 1.39 bits per heavy atom. The summed E-state index contributed by atoms with van der Waals surface area (Å²) in [5.74, 6) is 1.08. The highest BCUT2D eigenvalue weighted by molar-refractivity contribution is 5.47. The van der Waals surface area contributed by atoms with Crippen LogP contribution < -0.4 is 10.2 Å². The van der Waals surface area contributed by atoms with Crippen molar-refractivity contribution >= 4 is 5.82 Å². The van der Waals surface area contributed by atoms with Crippen molar-refractivity contribution in [1.29, 1.82) is 0 Å². The third-order valence-electron chi connectivity index (χ3n) is 3.60. The first-order valence-electron chi connectivity index (χ1n) is 6.75. The van der Waals surface area contributed by atoms with Crippen molar-refractivity contribution in [2.45, 2.75) is 47.2 Å². The molecule has 0 saturated heterocycles. The Morgan fingerprint density at radius 3 is 2.61 bits per heavy atom. The summed E-state index contributed by atoms with van der Waals surface area (Å²) in [5, 5.41) is 3.37. The van der Waals surface area contributed by atoms with Crippen molar-refractivity contribution in [2.75, 3.05) is 18.5 Å². The molecule has 0 fully saturated rings. The maximum atomic E-state index is 4.55. The van der Waals surface area contributed by atoms with Gasteiger partial charge in [0.2, 0.25) is 0 Å². The predicted octanol–water partition coefficient (Wildman–Crippen LogP) is 3.06. The minimum Gasteiger partial charge on any atom is -0.356 e. The van der Waals surface area contributed by atoms with Crippen LogP contribution >= 0.6 is 0 Å². The third kappa shape index (κ3) is 3.70. The Balaban J connectivity index is 2.94. The summed E-state index contributed by atoms with van der Waals surface area (Å²) in [6.07, 6.45) is 1.87. The maximum Gasteiger partial charge on any atom is 0.133 e. The minimum absolute atomic E-state index is 0.238. The zero-order valence-electron chi connectivity index (χ0n) is 12.6. The van der Waals surface area contributed by atoms with Crippen LogP contribution in [0, 0.1) is 5.41 Å². The van der Waals surface area contributed by atoms with Gasteiger partial charge in [-0.1, -0.05) is 33.8 Å². The highest BCUT2D eigenvalue weighted by atomic mass is 15.2. The summed E-state index contributed by atoms with van der Waals surface area (Å²) in [7, 11) is 2.13. The molecule has 1 N–H and O–H groups in total. The summed E-state index contributed by atoms with van der Waals surface area (Å²) < 4.78 is 0. The Morgan fingerprint density at radius 2 is 2.06 bits per heavy atom. The van der Waals surface area contributed by atoms with E-state index in [0.717, 1.165) is 18.9 Å². The van der Waals surface area contributed by atoms with Crippen molar-refractivity contribution in [3.05, 3.63) is 23.9 Å². The van der Waals surface area contributed by atoms with Crippen LogP contribution in [0.15, 0.2) is 18.3 Å². The minimum atomic E-state index is 0.238. The number of hydrogen-bond acceptors (Lipinski definition) is 3. The highest BCUT2D eigenvalue weighted by Crippen LogP contribution is 2.27. The number of aromatic nitrogens is 1. The fourth-order valence-electron chi connectivity index (χ4n) is 1.91. The monoisotopic (exact) mass is 249 g/mol. The van der Waals surface area contributed by atoms with Crippen LogP contribution in [0.1, 0.15) is 40.2 Å². The van der Waals surface area contributed by atoms with E-state index in [2.05, 4.69) is 62.9 Å². The zero-order chi connectivity index (χ0) is 13.8. The standard InChI is InChI=1S/C15H27N3/c1-7-16-11-13-9-8-10-17-14(13)18(6)12(2)15(3,4)5/h8-10,12,16H,7,11H2,1-6H3. The second kappa shape index (κ2) is 6.19. The quantitative estimate of drug-likeness (QED) is 0.869. The molecule has 0 aliphatic rings. The third-order valence-corrected chi connectivity index (χ3v) is 3.60. The van der Waals surface area contributed by atoms with E-state index in [1.807, 2.05) is 12.3 Å². The van der Waals surface area contributed by atoms with Gasteiger partial charge in [0.25, 0.3) is 0 Å². The Hall–Kier alpha value is -1.09. The van der Waals surface area contributed by atoms with E-state index in [1.54, 1.807) is 0 Å². The van der Waals surface area contributed by atoms with E-state index in [4.69, 9.17) is 0 Å². The van der Waals surface area contributed by atoms with Crippen LogP contribution in [-0.4, -0.2) is 24.6 Å². The van der Waals surface area contributed by atoms with Gasteiger partial charge in [-0.2, -0.15) is 0 Å². The lowest BCUT2D eigenvalue weighted by atomic mass is 9.87. The molecular formula is C15H27N3. The fourth-order valence-corrected chi connectivity index (χ4v) is 1.91. The second-order valence-corrected chi connectivity index (χ2v) is 5.92. The number of nitrogens with zero attached hydrogens (tertiary/aromatic N) is 2. The van der Waals surface area contributed by atoms with E-state index in [1.165, 1.54) is 5.56 Å². The van der Waals surface area contributed by atoms with Crippen LogP contribution in [0.5, 0.6) is 0 Å². The van der Waals surface area contributed by atoms with E-state index in [0.29, 0.717) is 6.04 Å². The zero-order valence-corrected chi connectivity index (χ0v) is 12.6. The molecule has 0 bridgehead atoms. The number of anilines is 1. The van der Waals surface area contributed by atoms with Gasteiger partial charge in [-0.25, -0.2) is 4.98 Å². The van der Waals surface area contributed by atoms with Crippen LogP contribution in [-0.2, 0) is 6.54 Å². The molecular weight excluding hydrogens is 222 g/mol. The molecule has 1 atom stereocenters. The number of rotatable bonds is 5. The summed E-state index contributed by atoms with van der Waals surface area (Å²) >= 11 is 0. The first-order chi connectivity index (χ1) is 8.38. The number of hydrogen-bond donors (Lipinski definition) is 1. The average Bonchev–Trinajstić information content (AvgIpc) is 2.33. The SMILES string of the molecule is CCNCc1cccnc1N(C)C(C)C(C)(C)C. The number of pyridine rings is 1. The molecule has 0 aliphatic carbocycles. The maximum absolute atomic E-state index is 4.55. The van der Waals surface area contributed by atoms with Crippen molar-refractivity contribution in [3.8, 4) is 0 Å².